The summed E-state index contributed by atoms with van der Waals surface area (Å²) in [6.07, 6.45) is 20.1. The molecule has 0 radical (unpaired) electrons. The van der Waals surface area contributed by atoms with E-state index in [9.17, 15) is 9.59 Å². The van der Waals surface area contributed by atoms with Gasteiger partial charge in [0, 0.05) is 18.7 Å². The molecule has 0 saturated carbocycles. The highest BCUT2D eigenvalue weighted by Gasteiger charge is 2.11. The smallest absolute Gasteiger partial charge is 0.345 e. The van der Waals surface area contributed by atoms with Gasteiger partial charge in [-0.15, -0.1) is 0 Å². The summed E-state index contributed by atoms with van der Waals surface area (Å²) in [4.78, 5) is 23.3. The minimum Gasteiger partial charge on any atom is -0.389 e. The number of anilines is 1. The Kier molecular flexibility index (Phi) is 16.6. The lowest BCUT2D eigenvalue weighted by atomic mass is 10.0. The zero-order valence-corrected chi connectivity index (χ0v) is 20.1. The van der Waals surface area contributed by atoms with E-state index in [0.717, 1.165) is 18.7 Å². The Bertz CT molecular complexity index is 583. The molecule has 176 valence electrons. The molecule has 0 aromatic heterocycles. The van der Waals surface area contributed by atoms with Crippen LogP contribution < -0.4 is 5.32 Å². The van der Waals surface area contributed by atoms with Gasteiger partial charge in [0.05, 0.1) is 5.56 Å². The van der Waals surface area contributed by atoms with Crippen LogP contribution in [0.25, 0.3) is 0 Å². The van der Waals surface area contributed by atoms with Gasteiger partial charge in [-0.1, -0.05) is 97.3 Å². The van der Waals surface area contributed by atoms with Crippen molar-refractivity contribution < 1.29 is 14.3 Å². The normalized spacial score (nSPS) is 10.8. The third kappa shape index (κ3) is 14.7. The first kappa shape index (κ1) is 27.2. The molecule has 0 heterocycles. The van der Waals surface area contributed by atoms with Crippen molar-refractivity contribution in [3.05, 3.63) is 29.8 Å². The standard InChI is InChI=1S/C27H45NO3/c1-3-5-6-7-8-9-10-11-12-13-14-15-16-17-23-28-25-21-19-24(20-22-25)27(30)31-26(29)18-4-2/h19-22,28H,3-18,23H2,1-2H3. The van der Waals surface area contributed by atoms with Crippen LogP contribution in [0, 0.1) is 0 Å². The fraction of sp³-hybridized carbons (Fsp3) is 0.704. The summed E-state index contributed by atoms with van der Waals surface area (Å²) in [5.74, 6) is -1.04. The van der Waals surface area contributed by atoms with Gasteiger partial charge in [0.15, 0.2) is 0 Å². The van der Waals surface area contributed by atoms with Crippen LogP contribution in [0.4, 0.5) is 5.69 Å². The summed E-state index contributed by atoms with van der Waals surface area (Å²) < 4.78 is 4.81. The second kappa shape index (κ2) is 18.9. The minimum absolute atomic E-state index is 0.268. The van der Waals surface area contributed by atoms with Gasteiger partial charge in [0.25, 0.3) is 0 Å². The first-order chi connectivity index (χ1) is 15.2. The predicted octanol–water partition coefficient (Wildman–Crippen LogP) is 8.06. The third-order valence-electron chi connectivity index (χ3n) is 5.64. The van der Waals surface area contributed by atoms with Crippen molar-refractivity contribution in [2.75, 3.05) is 11.9 Å². The quantitative estimate of drug-likeness (QED) is 0.137. The highest BCUT2D eigenvalue weighted by atomic mass is 16.6. The van der Waals surface area contributed by atoms with Gasteiger partial charge >= 0.3 is 11.9 Å². The molecule has 0 aliphatic carbocycles. The summed E-state index contributed by atoms with van der Waals surface area (Å²) in [5, 5.41) is 3.40. The van der Waals surface area contributed by atoms with Crippen molar-refractivity contribution in [2.24, 2.45) is 0 Å². The number of hydrogen-bond donors (Lipinski definition) is 1. The van der Waals surface area contributed by atoms with E-state index >= 15 is 0 Å². The largest absolute Gasteiger partial charge is 0.389 e. The topological polar surface area (TPSA) is 55.4 Å². The fourth-order valence-electron chi connectivity index (χ4n) is 3.69. The molecule has 31 heavy (non-hydrogen) atoms. The Labute approximate surface area is 190 Å². The van der Waals surface area contributed by atoms with E-state index in [1.807, 2.05) is 19.1 Å². The highest BCUT2D eigenvalue weighted by molar-refractivity contribution is 5.97. The molecule has 0 spiro atoms. The molecular weight excluding hydrogens is 386 g/mol. The van der Waals surface area contributed by atoms with E-state index in [0.29, 0.717) is 12.0 Å². The number of benzene rings is 1. The first-order valence-corrected chi connectivity index (χ1v) is 12.8. The zero-order valence-electron chi connectivity index (χ0n) is 20.1. The number of unbranched alkanes of at least 4 members (excludes halogenated alkanes) is 13. The molecule has 0 aliphatic heterocycles. The molecule has 1 aromatic rings. The van der Waals surface area contributed by atoms with Crippen LogP contribution >= 0.6 is 0 Å². The molecule has 1 rings (SSSR count). The number of carbonyl (C=O) groups excluding carboxylic acids is 2. The van der Waals surface area contributed by atoms with E-state index in [1.165, 1.54) is 83.5 Å². The number of carbonyl (C=O) groups is 2. The Balaban J connectivity index is 1.96. The van der Waals surface area contributed by atoms with Gasteiger partial charge in [-0.25, -0.2) is 4.79 Å². The third-order valence-corrected chi connectivity index (χ3v) is 5.64. The summed E-state index contributed by atoms with van der Waals surface area (Å²) in [5.41, 5.74) is 1.40. The zero-order chi connectivity index (χ0) is 22.6. The summed E-state index contributed by atoms with van der Waals surface area (Å²) in [7, 11) is 0. The lowest BCUT2D eigenvalue weighted by Crippen LogP contribution is -2.12. The summed E-state index contributed by atoms with van der Waals surface area (Å²) in [6.45, 7) is 5.10. The second-order valence-corrected chi connectivity index (χ2v) is 8.61. The predicted molar refractivity (Wildman–Crippen MR) is 131 cm³/mol. The van der Waals surface area contributed by atoms with Crippen LogP contribution in [-0.4, -0.2) is 18.5 Å². The van der Waals surface area contributed by atoms with Gasteiger partial charge < -0.3 is 10.1 Å². The average Bonchev–Trinajstić information content (AvgIpc) is 2.77. The van der Waals surface area contributed by atoms with Crippen LogP contribution in [0.3, 0.4) is 0 Å². The monoisotopic (exact) mass is 431 g/mol. The van der Waals surface area contributed by atoms with E-state index in [2.05, 4.69) is 12.2 Å². The number of ether oxygens (including phenoxy) is 1. The van der Waals surface area contributed by atoms with Gasteiger partial charge in [-0.05, 0) is 37.1 Å². The molecule has 4 heteroatoms. The van der Waals surface area contributed by atoms with E-state index in [1.54, 1.807) is 12.1 Å². The number of rotatable bonds is 19. The molecule has 0 fully saturated rings. The SMILES string of the molecule is CCCCCCCCCCCCCCCCNc1ccc(C(=O)OC(=O)CCC)cc1. The Morgan fingerprint density at radius 1 is 0.677 bits per heavy atom. The van der Waals surface area contributed by atoms with Gasteiger partial charge in [0.1, 0.15) is 0 Å². The van der Waals surface area contributed by atoms with Crippen molar-refractivity contribution in [1.29, 1.82) is 0 Å². The Morgan fingerprint density at radius 3 is 1.65 bits per heavy atom. The molecule has 0 amide bonds. The van der Waals surface area contributed by atoms with Crippen molar-refractivity contribution in [3.63, 3.8) is 0 Å². The van der Waals surface area contributed by atoms with Gasteiger partial charge in [-0.2, -0.15) is 0 Å². The molecular formula is C27H45NO3. The van der Waals surface area contributed by atoms with Crippen LogP contribution in [-0.2, 0) is 9.53 Å². The van der Waals surface area contributed by atoms with E-state index in [4.69, 9.17) is 4.74 Å². The van der Waals surface area contributed by atoms with Crippen LogP contribution in [0.2, 0.25) is 0 Å². The summed E-state index contributed by atoms with van der Waals surface area (Å²) >= 11 is 0. The molecule has 0 unspecified atom stereocenters. The summed E-state index contributed by atoms with van der Waals surface area (Å²) in [6, 6.07) is 7.14. The lowest BCUT2D eigenvalue weighted by molar-refractivity contribution is -0.137. The Hall–Kier alpha value is -1.84. The minimum atomic E-state index is -0.572. The molecule has 4 nitrogen and oxygen atoms in total. The van der Waals surface area contributed by atoms with Crippen LogP contribution in [0.15, 0.2) is 24.3 Å². The van der Waals surface area contributed by atoms with Gasteiger partial charge in [-0.3, -0.25) is 4.79 Å². The van der Waals surface area contributed by atoms with E-state index in [-0.39, 0.29) is 6.42 Å². The molecule has 0 saturated heterocycles. The number of nitrogens with one attached hydrogen (secondary N) is 1. The number of esters is 2. The van der Waals surface area contributed by atoms with Crippen LogP contribution in [0.1, 0.15) is 127 Å². The maximum absolute atomic E-state index is 11.9. The molecule has 1 N–H and O–H groups in total. The van der Waals surface area contributed by atoms with Crippen molar-refractivity contribution in [3.8, 4) is 0 Å². The molecule has 0 aliphatic rings. The molecule has 0 atom stereocenters. The highest BCUT2D eigenvalue weighted by Crippen LogP contribution is 2.14. The first-order valence-electron chi connectivity index (χ1n) is 12.8. The Morgan fingerprint density at radius 2 is 1.16 bits per heavy atom. The van der Waals surface area contributed by atoms with Crippen molar-refractivity contribution >= 4 is 17.6 Å². The fourth-order valence-corrected chi connectivity index (χ4v) is 3.69. The van der Waals surface area contributed by atoms with E-state index < -0.39 is 11.9 Å². The molecule has 0 bridgehead atoms. The second-order valence-electron chi connectivity index (χ2n) is 8.61. The number of hydrogen-bond acceptors (Lipinski definition) is 4. The van der Waals surface area contributed by atoms with Crippen molar-refractivity contribution in [2.45, 2.75) is 117 Å². The molecule has 1 aromatic carbocycles. The maximum atomic E-state index is 11.9. The average molecular weight is 432 g/mol. The maximum Gasteiger partial charge on any atom is 0.345 e. The van der Waals surface area contributed by atoms with Gasteiger partial charge in [0.2, 0.25) is 0 Å². The van der Waals surface area contributed by atoms with Crippen molar-refractivity contribution in [1.82, 2.24) is 0 Å². The van der Waals surface area contributed by atoms with Crippen LogP contribution in [0.5, 0.6) is 0 Å². The lowest BCUT2D eigenvalue weighted by Gasteiger charge is -2.08.